The van der Waals surface area contributed by atoms with Crippen molar-refractivity contribution in [1.29, 1.82) is 0 Å². The van der Waals surface area contributed by atoms with Gasteiger partial charge in [-0.15, -0.1) is 0 Å². The van der Waals surface area contributed by atoms with Crippen LogP contribution in [0.4, 0.5) is 0 Å². The fourth-order valence-electron chi connectivity index (χ4n) is 3.49. The van der Waals surface area contributed by atoms with Gasteiger partial charge in [-0.3, -0.25) is 0 Å². The van der Waals surface area contributed by atoms with Crippen LogP contribution in [0.1, 0.15) is 142 Å². The zero-order valence-corrected chi connectivity index (χ0v) is 42.4. The molecular weight excluding hydrogens is 957 g/mol. The third-order valence-corrected chi connectivity index (χ3v) is 6.44. The summed E-state index contributed by atoms with van der Waals surface area (Å²) in [5.41, 5.74) is 27.9. The fourth-order valence-corrected chi connectivity index (χ4v) is 4.51. The topological polar surface area (TPSA) is 156 Å². The Morgan fingerprint density at radius 1 is 0.340 bits per heavy atom. The molecule has 0 bridgehead atoms. The SMILES string of the molecule is CCCCCCCCCCCCSCCCCCCCCCCCC.NC(=S)[S-].NC(=S)[S-].NC(=S)[S-].NC(=S)[S-].NC(=S)[S-].NC(=S)[S-].[Mo+6]. The molecule has 12 N–H and O–H groups in total. The minimum absolute atomic E-state index is 0. The molecule has 0 aliphatic rings. The third-order valence-electron chi connectivity index (χ3n) is 5.28. The number of hydrogen-bond acceptors (Lipinski definition) is 13. The largest absolute Gasteiger partial charge is 6.00 e. The van der Waals surface area contributed by atoms with Crippen LogP contribution in [0, 0.1) is 0 Å². The van der Waals surface area contributed by atoms with Gasteiger partial charge in [-0.2, -0.15) is 11.8 Å². The Labute approximate surface area is 391 Å². The van der Waals surface area contributed by atoms with Crippen molar-refractivity contribution in [3.05, 3.63) is 0 Å². The van der Waals surface area contributed by atoms with E-state index < -0.39 is 0 Å². The second kappa shape index (κ2) is 68.7. The molecule has 0 spiro atoms. The molecule has 0 saturated heterocycles. The third kappa shape index (κ3) is 210. The molecule has 0 saturated carbocycles. The molecule has 20 heteroatoms. The minimum Gasteiger partial charge on any atom is -0.415 e. The summed E-state index contributed by atoms with van der Waals surface area (Å²) < 4.78 is 0.500. The van der Waals surface area contributed by atoms with Crippen molar-refractivity contribution in [2.45, 2.75) is 142 Å². The Morgan fingerprint density at radius 3 is 0.600 bits per heavy atom. The Balaban J connectivity index is -0.0000000946. The van der Waals surface area contributed by atoms with Gasteiger partial charge in [0, 0.05) is 0 Å². The van der Waals surface area contributed by atoms with Crippen molar-refractivity contribution in [3.63, 3.8) is 0 Å². The van der Waals surface area contributed by atoms with Crippen LogP contribution >= 0.6 is 85.1 Å². The second-order valence-electron chi connectivity index (χ2n) is 9.89. The van der Waals surface area contributed by atoms with Crippen molar-refractivity contribution >= 4 is 187 Å². The summed E-state index contributed by atoms with van der Waals surface area (Å²) in [6.07, 6.45) is 29.2. The molecule has 296 valence electrons. The van der Waals surface area contributed by atoms with Gasteiger partial charge in [-0.25, -0.2) is 0 Å². The van der Waals surface area contributed by atoms with E-state index in [0.29, 0.717) is 0 Å². The van der Waals surface area contributed by atoms with Crippen LogP contribution in [-0.4, -0.2) is 37.4 Å². The molecule has 50 heavy (non-hydrogen) atoms. The molecule has 0 amide bonds. The molecule has 0 aliphatic heterocycles. The maximum Gasteiger partial charge on any atom is 6.00 e. The maximum atomic E-state index is 4.66. The smallest absolute Gasteiger partial charge is 0.415 e. The van der Waals surface area contributed by atoms with Crippen molar-refractivity contribution in [2.75, 3.05) is 11.5 Å². The molecular formula is C30H62MoN6S13. The van der Waals surface area contributed by atoms with E-state index in [2.05, 4.69) is 209 Å². The molecule has 0 aromatic rings. The van der Waals surface area contributed by atoms with Crippen LogP contribution in [0.5, 0.6) is 0 Å². The molecule has 0 fully saturated rings. The van der Waals surface area contributed by atoms with Gasteiger partial charge in [-0.05, 0) is 24.3 Å². The summed E-state index contributed by atoms with van der Waals surface area (Å²) in [5.74, 6) is 2.82. The van der Waals surface area contributed by atoms with Crippen molar-refractivity contribution in [2.24, 2.45) is 34.4 Å². The van der Waals surface area contributed by atoms with Gasteiger partial charge in [0.1, 0.15) is 0 Å². The monoisotopic (exact) mass is 1020 g/mol. The molecule has 0 aromatic carbocycles. The van der Waals surface area contributed by atoms with Gasteiger partial charge >= 0.3 is 21.1 Å². The number of thioether (sulfide) groups is 1. The maximum absolute atomic E-state index is 4.66. The molecule has 0 atom stereocenters. The first kappa shape index (κ1) is 69.6. The van der Waals surface area contributed by atoms with Crippen LogP contribution < -0.4 is 34.4 Å². The van der Waals surface area contributed by atoms with E-state index in [1.807, 2.05) is 0 Å². The summed E-state index contributed by atoms with van der Waals surface area (Å²) in [6.45, 7) is 4.60. The number of nitrogens with two attached hydrogens (primary N) is 6. The quantitative estimate of drug-likeness (QED) is 0.0267. The van der Waals surface area contributed by atoms with Gasteiger partial charge in [0.2, 0.25) is 0 Å². The van der Waals surface area contributed by atoms with Crippen LogP contribution in [-0.2, 0) is 96.8 Å². The number of unbranched alkanes of at least 4 members (excludes halogenated alkanes) is 18. The first-order valence-electron chi connectivity index (χ1n) is 16.2. The number of hydrogen-bond donors (Lipinski definition) is 6. The molecule has 0 aliphatic carbocycles. The van der Waals surface area contributed by atoms with E-state index >= 15 is 0 Å². The number of thiocarbonyl (C=S) groups is 6. The van der Waals surface area contributed by atoms with Crippen LogP contribution in [0.15, 0.2) is 0 Å². The van der Waals surface area contributed by atoms with Gasteiger partial charge < -0.3 is 183 Å². The molecule has 0 radical (unpaired) electrons. The Kier molecular flexibility index (Phi) is 95.6. The van der Waals surface area contributed by atoms with Gasteiger partial charge in [0.05, 0.1) is 0 Å². The fraction of sp³-hybridized carbons (Fsp3) is 0.800. The number of rotatable bonds is 22. The van der Waals surface area contributed by atoms with Crippen LogP contribution in [0.3, 0.4) is 0 Å². The van der Waals surface area contributed by atoms with Gasteiger partial charge in [-0.1, -0.05) is 155 Å². The van der Waals surface area contributed by atoms with E-state index in [-0.39, 0.29) is 47.0 Å². The first-order chi connectivity index (χ1) is 22.8. The van der Waals surface area contributed by atoms with E-state index in [4.69, 9.17) is 0 Å². The van der Waals surface area contributed by atoms with Crippen molar-refractivity contribution < 1.29 is 21.1 Å². The summed E-state index contributed by atoms with van der Waals surface area (Å²) in [6, 6.07) is 0. The molecule has 6 nitrogen and oxygen atoms in total. The zero-order chi connectivity index (χ0) is 39.7. The van der Waals surface area contributed by atoms with E-state index in [1.165, 1.54) is 140 Å². The average Bonchev–Trinajstić information content (AvgIpc) is 2.92. The summed E-state index contributed by atoms with van der Waals surface area (Å²) in [4.78, 5) is 0. The van der Waals surface area contributed by atoms with Crippen LogP contribution in [0.2, 0.25) is 0 Å². The second-order valence-corrected chi connectivity index (χ2v) is 17.9. The van der Waals surface area contributed by atoms with E-state index in [9.17, 15) is 0 Å². The van der Waals surface area contributed by atoms with Gasteiger partial charge in [0.15, 0.2) is 0 Å². The molecule has 0 unspecified atom stereocenters. The van der Waals surface area contributed by atoms with Gasteiger partial charge in [0.25, 0.3) is 0 Å². The summed E-state index contributed by atoms with van der Waals surface area (Å²) >= 11 is 51.8. The van der Waals surface area contributed by atoms with Crippen LogP contribution in [0.25, 0.3) is 0 Å². The van der Waals surface area contributed by atoms with E-state index in [1.54, 1.807) is 0 Å². The normalized spacial score (nSPS) is 8.52. The summed E-state index contributed by atoms with van der Waals surface area (Å²) in [7, 11) is 0. The average molecular weight is 1020 g/mol. The standard InChI is InChI=1S/C24H50S.6CH3NS2.Mo/c1-3-5-7-9-11-13-15-17-19-21-23-25-24-22-20-18-16-14-12-10-8-6-4-2;6*2-1(3)4;/h3-24H2,1-2H3;6*(H3,2,3,4);/q;;;;;;;+6/p-6. The van der Waals surface area contributed by atoms with Crippen molar-refractivity contribution in [3.8, 4) is 0 Å². The minimum atomic E-state index is 0. The Morgan fingerprint density at radius 2 is 0.460 bits per heavy atom. The molecule has 0 rings (SSSR count). The van der Waals surface area contributed by atoms with Crippen molar-refractivity contribution in [1.82, 2.24) is 0 Å². The zero-order valence-electron chi connectivity index (χ0n) is 29.7. The summed E-state index contributed by atoms with van der Waals surface area (Å²) in [5, 5.41) is 0. The molecule has 0 aromatic heterocycles. The molecule has 0 heterocycles. The predicted molar refractivity (Wildman–Crippen MR) is 266 cm³/mol. The first-order valence-corrected chi connectivity index (χ1v) is 22.2. The van der Waals surface area contributed by atoms with E-state index in [0.717, 1.165) is 0 Å². The Bertz CT molecular complexity index is 602. The predicted octanol–water partition coefficient (Wildman–Crippen LogP) is 8.22. The Hall–Kier alpha value is 1.70.